The molecule has 0 heterocycles. The lowest BCUT2D eigenvalue weighted by Gasteiger charge is -2.24. The minimum atomic E-state index is -5.71. The van der Waals surface area contributed by atoms with E-state index in [1.54, 1.807) is 0 Å². The zero-order valence-electron chi connectivity index (χ0n) is 14.8. The second-order valence-corrected chi connectivity index (χ2v) is 5.86. The van der Waals surface area contributed by atoms with Crippen molar-refractivity contribution < 1.29 is 63.6 Å². The Hall–Kier alpha value is -2.58. The van der Waals surface area contributed by atoms with Gasteiger partial charge in [0.2, 0.25) is 5.75 Å². The summed E-state index contributed by atoms with van der Waals surface area (Å²) in [6, 6.07) is 0.868. The molecule has 15 heteroatoms. The highest BCUT2D eigenvalue weighted by Crippen LogP contribution is 2.49. The van der Waals surface area contributed by atoms with E-state index < -0.39 is 72.7 Å². The lowest BCUT2D eigenvalue weighted by Crippen LogP contribution is -2.26. The highest BCUT2D eigenvalue weighted by molar-refractivity contribution is 5.70. The molecule has 0 spiro atoms. The van der Waals surface area contributed by atoms with Crippen LogP contribution in [0.2, 0.25) is 0 Å². The van der Waals surface area contributed by atoms with Crippen LogP contribution in [0, 0.1) is 5.92 Å². The number of rotatable bonds is 8. The van der Waals surface area contributed by atoms with Crippen molar-refractivity contribution in [2.45, 2.75) is 38.3 Å². The molecule has 1 rings (SSSR count). The monoisotopic (exact) mass is 459 g/mol. The molecule has 2 unspecified atom stereocenters. The molecular formula is C15H14F9NO5. The number of aliphatic carboxylic acids is 1. The molecule has 3 N–H and O–H groups in total. The van der Waals surface area contributed by atoms with Gasteiger partial charge in [0.15, 0.2) is 11.5 Å². The normalized spacial score (nSPS) is 14.8. The van der Waals surface area contributed by atoms with Crippen LogP contribution in [0.25, 0.3) is 0 Å². The summed E-state index contributed by atoms with van der Waals surface area (Å²) in [5, 5.41) is 8.99. The Morgan fingerprint density at radius 3 is 1.80 bits per heavy atom. The van der Waals surface area contributed by atoms with E-state index in [4.69, 9.17) is 10.8 Å². The quantitative estimate of drug-likeness (QED) is 0.555. The number of carbonyl (C=O) groups is 1. The van der Waals surface area contributed by atoms with Crippen molar-refractivity contribution in [3.8, 4) is 17.2 Å². The van der Waals surface area contributed by atoms with Crippen LogP contribution >= 0.6 is 0 Å². The van der Waals surface area contributed by atoms with Crippen molar-refractivity contribution >= 4 is 5.97 Å². The number of halogens is 9. The van der Waals surface area contributed by atoms with Gasteiger partial charge in [0.05, 0.1) is 5.92 Å². The van der Waals surface area contributed by atoms with Crippen LogP contribution in [0.5, 0.6) is 17.2 Å². The van der Waals surface area contributed by atoms with Gasteiger partial charge in [0.25, 0.3) is 0 Å². The average molecular weight is 459 g/mol. The fourth-order valence-electron chi connectivity index (χ4n) is 2.44. The molecule has 1 aromatic carbocycles. The van der Waals surface area contributed by atoms with E-state index in [0.717, 1.165) is 6.92 Å². The second kappa shape index (κ2) is 9.06. The van der Waals surface area contributed by atoms with Crippen LogP contribution in [0.3, 0.4) is 0 Å². The van der Waals surface area contributed by atoms with Crippen LogP contribution in [0.4, 0.5) is 39.5 Å². The molecule has 6 nitrogen and oxygen atoms in total. The Morgan fingerprint density at radius 1 is 0.933 bits per heavy atom. The molecule has 0 aliphatic carbocycles. The molecule has 1 aromatic rings. The summed E-state index contributed by atoms with van der Waals surface area (Å²) in [5.74, 6) is -9.52. The summed E-state index contributed by atoms with van der Waals surface area (Å²) in [5.41, 5.74) is 4.53. The van der Waals surface area contributed by atoms with Crippen molar-refractivity contribution in [3.05, 3.63) is 17.7 Å². The predicted molar refractivity (Wildman–Crippen MR) is 79.7 cm³/mol. The van der Waals surface area contributed by atoms with E-state index in [1.165, 1.54) is 0 Å². The van der Waals surface area contributed by atoms with Crippen molar-refractivity contribution in [2.24, 2.45) is 11.7 Å². The summed E-state index contributed by atoms with van der Waals surface area (Å²) in [7, 11) is 0. The molecule has 0 radical (unpaired) electrons. The number of carboxylic acid groups (broad SMARTS) is 1. The number of hydrogen-bond acceptors (Lipinski definition) is 5. The van der Waals surface area contributed by atoms with Crippen molar-refractivity contribution in [1.82, 2.24) is 0 Å². The zero-order valence-corrected chi connectivity index (χ0v) is 14.8. The van der Waals surface area contributed by atoms with Crippen molar-refractivity contribution in [1.29, 1.82) is 0 Å². The van der Waals surface area contributed by atoms with Gasteiger partial charge in [-0.3, -0.25) is 4.79 Å². The van der Waals surface area contributed by atoms with E-state index >= 15 is 0 Å². The van der Waals surface area contributed by atoms with Gasteiger partial charge in [-0.1, -0.05) is 13.0 Å². The summed E-state index contributed by atoms with van der Waals surface area (Å²) < 4.78 is 124. The maximum Gasteiger partial charge on any atom is 0.573 e. The number of benzene rings is 1. The molecule has 30 heavy (non-hydrogen) atoms. The van der Waals surface area contributed by atoms with Crippen LogP contribution in [-0.2, 0) is 4.79 Å². The Bertz CT molecular complexity index is 746. The molecule has 0 bridgehead atoms. The van der Waals surface area contributed by atoms with E-state index in [9.17, 15) is 44.3 Å². The third-order valence-corrected chi connectivity index (χ3v) is 3.57. The molecule has 0 saturated heterocycles. The van der Waals surface area contributed by atoms with Gasteiger partial charge >= 0.3 is 25.1 Å². The second-order valence-electron chi connectivity index (χ2n) is 5.86. The minimum Gasteiger partial charge on any atom is -0.481 e. The fraction of sp³-hybridized carbons (Fsp3) is 0.533. The SMILES string of the molecule is CC(CC(CN)C(=O)O)c1ccc(OC(F)(F)F)c(OC(F)(F)F)c1OC(F)(F)F. The Morgan fingerprint density at radius 2 is 1.40 bits per heavy atom. The standard InChI is InChI=1S/C15H14F9NO5/c1-6(4-7(5-25)12(26)27)8-2-3-9(28-13(16,17)18)11(30-15(22,23)24)10(8)29-14(19,20)21/h2-3,6-7H,4-5,25H2,1H3,(H,26,27). The molecule has 0 aliphatic heterocycles. The van der Waals surface area contributed by atoms with E-state index in [-0.39, 0.29) is 0 Å². The van der Waals surface area contributed by atoms with Crippen LogP contribution < -0.4 is 19.9 Å². The van der Waals surface area contributed by atoms with Crippen LogP contribution in [0.15, 0.2) is 12.1 Å². The maximum absolute atomic E-state index is 12.8. The van der Waals surface area contributed by atoms with Gasteiger partial charge in [0.1, 0.15) is 0 Å². The highest BCUT2D eigenvalue weighted by atomic mass is 19.4. The van der Waals surface area contributed by atoms with Gasteiger partial charge in [-0.2, -0.15) is 0 Å². The van der Waals surface area contributed by atoms with Gasteiger partial charge in [-0.05, 0) is 18.4 Å². The van der Waals surface area contributed by atoms with Crippen molar-refractivity contribution in [2.75, 3.05) is 6.54 Å². The smallest absolute Gasteiger partial charge is 0.481 e. The van der Waals surface area contributed by atoms with Crippen molar-refractivity contribution in [3.63, 3.8) is 0 Å². The Balaban J connectivity index is 3.63. The molecule has 0 amide bonds. The molecule has 0 aliphatic rings. The molecular weight excluding hydrogens is 445 g/mol. The topological polar surface area (TPSA) is 91.0 Å². The first-order valence-corrected chi connectivity index (χ1v) is 7.80. The Labute approximate surface area is 162 Å². The summed E-state index contributed by atoms with van der Waals surface area (Å²) >= 11 is 0. The first kappa shape index (κ1) is 25.5. The predicted octanol–water partition coefficient (Wildman–Crippen LogP) is 4.54. The first-order valence-electron chi connectivity index (χ1n) is 7.80. The van der Waals surface area contributed by atoms with Crippen LogP contribution in [0.1, 0.15) is 24.8 Å². The lowest BCUT2D eigenvalue weighted by atomic mass is 9.89. The number of carboxylic acids is 1. The summed E-state index contributed by atoms with van der Waals surface area (Å²) in [6.07, 6.45) is -17.4. The third-order valence-electron chi connectivity index (χ3n) is 3.57. The number of alkyl halides is 9. The molecule has 2 atom stereocenters. The van der Waals surface area contributed by atoms with Crippen LogP contribution in [-0.4, -0.2) is 36.7 Å². The Kier molecular flexibility index (Phi) is 7.68. The van der Waals surface area contributed by atoms with E-state index in [1.807, 2.05) is 0 Å². The molecule has 0 fully saturated rings. The third kappa shape index (κ3) is 8.04. The van der Waals surface area contributed by atoms with Gasteiger partial charge in [-0.25, -0.2) is 0 Å². The minimum absolute atomic E-state index is 0.294. The first-order chi connectivity index (χ1) is 13.4. The van der Waals surface area contributed by atoms with Gasteiger partial charge < -0.3 is 25.1 Å². The zero-order chi connectivity index (χ0) is 23.5. The maximum atomic E-state index is 12.8. The van der Waals surface area contributed by atoms with Gasteiger partial charge in [0, 0.05) is 12.1 Å². The van der Waals surface area contributed by atoms with E-state index in [2.05, 4.69) is 14.2 Å². The largest absolute Gasteiger partial charge is 0.573 e. The number of ether oxygens (including phenoxy) is 3. The average Bonchev–Trinajstić information content (AvgIpc) is 2.51. The molecule has 0 saturated carbocycles. The van der Waals surface area contributed by atoms with Gasteiger partial charge in [-0.15, -0.1) is 39.5 Å². The highest BCUT2D eigenvalue weighted by Gasteiger charge is 2.42. The number of hydrogen-bond donors (Lipinski definition) is 2. The molecule has 0 aromatic heterocycles. The molecule has 172 valence electrons. The number of nitrogens with two attached hydrogens (primary N) is 1. The summed E-state index contributed by atoms with van der Waals surface area (Å²) in [6.45, 7) is 0.655. The van der Waals surface area contributed by atoms with E-state index in [0.29, 0.717) is 12.1 Å². The lowest BCUT2D eigenvalue weighted by molar-refractivity contribution is -0.293. The fourth-order valence-corrected chi connectivity index (χ4v) is 2.44. The summed E-state index contributed by atoms with van der Waals surface area (Å²) in [4.78, 5) is 11.1.